The lowest BCUT2D eigenvalue weighted by molar-refractivity contribution is 0.867. The summed E-state index contributed by atoms with van der Waals surface area (Å²) < 4.78 is 0. The number of benzene rings is 3. The van der Waals surface area contributed by atoms with E-state index in [1.54, 1.807) is 11.3 Å². The number of rotatable bonds is 6. The van der Waals surface area contributed by atoms with Gasteiger partial charge in [-0.25, -0.2) is 9.97 Å². The van der Waals surface area contributed by atoms with Crippen LogP contribution in [-0.4, -0.2) is 9.97 Å². The van der Waals surface area contributed by atoms with Crippen LogP contribution in [0.4, 0.5) is 16.6 Å². The van der Waals surface area contributed by atoms with E-state index in [1.807, 2.05) is 6.07 Å². The Balaban J connectivity index is 1.34. The number of hydrogen-bond donors (Lipinski definition) is 2. The molecule has 5 aromatic rings. The molecule has 0 aliphatic heterocycles. The van der Waals surface area contributed by atoms with Crippen molar-refractivity contribution >= 4 is 39.3 Å². The molecular weight excluding hydrogens is 444 g/mol. The number of nitrogens with zero attached hydrogens (tertiary/aromatic N) is 2. The fraction of sp³-hybridized carbons (Fsp3) is 0.111. The minimum atomic E-state index is 0.502. The van der Waals surface area contributed by atoms with Gasteiger partial charge in [0.2, 0.25) is 0 Å². The normalized spacial score (nSPS) is 11.1. The number of anilines is 3. The highest BCUT2D eigenvalue weighted by molar-refractivity contribution is 7.23. The number of aromatic nitrogens is 2. The van der Waals surface area contributed by atoms with Gasteiger partial charge in [0, 0.05) is 16.6 Å². The van der Waals surface area contributed by atoms with Gasteiger partial charge in [0.25, 0.3) is 0 Å². The van der Waals surface area contributed by atoms with Gasteiger partial charge in [-0.1, -0.05) is 91.9 Å². The molecule has 0 fully saturated rings. The van der Waals surface area contributed by atoms with Crippen molar-refractivity contribution in [2.24, 2.45) is 0 Å². The minimum absolute atomic E-state index is 0.502. The fourth-order valence-electron chi connectivity index (χ4n) is 3.59. The Morgan fingerprint density at radius 3 is 2.15 bits per heavy atom. The van der Waals surface area contributed by atoms with Crippen LogP contribution in [0, 0.1) is 0 Å². The molecule has 5 rings (SSSR count). The molecule has 0 saturated heterocycles. The maximum absolute atomic E-state index is 6.25. The summed E-state index contributed by atoms with van der Waals surface area (Å²) in [4.78, 5) is 10.3. The topological polar surface area (TPSA) is 63.8 Å². The van der Waals surface area contributed by atoms with Gasteiger partial charge in [-0.3, -0.25) is 0 Å². The van der Waals surface area contributed by atoms with Crippen LogP contribution in [0.1, 0.15) is 25.3 Å². The van der Waals surface area contributed by atoms with Crippen molar-refractivity contribution in [3.05, 3.63) is 89.8 Å². The van der Waals surface area contributed by atoms with Crippen LogP contribution in [0.5, 0.6) is 0 Å². The Morgan fingerprint density at radius 2 is 1.45 bits per heavy atom. The highest BCUT2D eigenvalue weighted by Crippen LogP contribution is 2.39. The Kier molecular flexibility index (Phi) is 5.94. The second kappa shape index (κ2) is 9.17. The maximum atomic E-state index is 6.25. The third-order valence-electron chi connectivity index (χ3n) is 5.47. The molecular formula is C27H24N4S2. The molecule has 2 heterocycles. The highest BCUT2D eigenvalue weighted by Gasteiger charge is 2.15. The molecule has 0 spiro atoms. The third-order valence-corrected chi connectivity index (χ3v) is 7.45. The first kappa shape index (κ1) is 21.4. The summed E-state index contributed by atoms with van der Waals surface area (Å²) in [6, 6.07) is 27.3. The van der Waals surface area contributed by atoms with Crippen molar-refractivity contribution in [2.45, 2.75) is 19.8 Å². The quantitative estimate of drug-likeness (QED) is 0.265. The molecule has 0 saturated carbocycles. The Hall–Kier alpha value is -3.48. The van der Waals surface area contributed by atoms with Gasteiger partial charge in [0.1, 0.15) is 15.7 Å². The molecule has 0 radical (unpaired) electrons. The van der Waals surface area contributed by atoms with E-state index in [4.69, 9.17) is 10.7 Å². The molecule has 0 aliphatic rings. The predicted octanol–water partition coefficient (Wildman–Crippen LogP) is 8.05. The molecule has 2 aromatic heterocycles. The largest absolute Gasteiger partial charge is 0.382 e. The number of thiazole rings is 2. The van der Waals surface area contributed by atoms with Crippen LogP contribution < -0.4 is 11.1 Å². The smallest absolute Gasteiger partial charge is 0.189 e. The summed E-state index contributed by atoms with van der Waals surface area (Å²) in [7, 11) is 0. The van der Waals surface area contributed by atoms with Crippen molar-refractivity contribution in [1.82, 2.24) is 9.97 Å². The van der Waals surface area contributed by atoms with E-state index in [0.717, 1.165) is 32.0 Å². The van der Waals surface area contributed by atoms with Gasteiger partial charge in [0.15, 0.2) is 5.13 Å². The van der Waals surface area contributed by atoms with Gasteiger partial charge in [-0.2, -0.15) is 0 Å². The lowest BCUT2D eigenvalue weighted by Gasteiger charge is -2.07. The maximum Gasteiger partial charge on any atom is 0.189 e. The third kappa shape index (κ3) is 4.67. The number of nitrogen functional groups attached to an aromatic ring is 1. The average Bonchev–Trinajstić information content (AvgIpc) is 3.47. The number of nitrogens with two attached hydrogens (primary N) is 1. The molecule has 0 amide bonds. The van der Waals surface area contributed by atoms with E-state index in [9.17, 15) is 0 Å². The monoisotopic (exact) mass is 468 g/mol. The van der Waals surface area contributed by atoms with Crippen LogP contribution in [-0.2, 0) is 0 Å². The average molecular weight is 469 g/mol. The summed E-state index contributed by atoms with van der Waals surface area (Å²) in [5, 5.41) is 7.09. The zero-order chi connectivity index (χ0) is 22.8. The van der Waals surface area contributed by atoms with Crippen LogP contribution in [0.15, 0.2) is 84.2 Å². The zero-order valence-electron chi connectivity index (χ0n) is 18.4. The van der Waals surface area contributed by atoms with E-state index in [0.29, 0.717) is 11.7 Å². The molecule has 33 heavy (non-hydrogen) atoms. The summed E-state index contributed by atoms with van der Waals surface area (Å²) in [5.41, 5.74) is 13.0. The van der Waals surface area contributed by atoms with Crippen LogP contribution in [0.25, 0.3) is 32.3 Å². The first-order valence-corrected chi connectivity index (χ1v) is 12.5. The molecule has 4 nitrogen and oxygen atoms in total. The molecule has 0 atom stereocenters. The highest BCUT2D eigenvalue weighted by atomic mass is 32.1. The van der Waals surface area contributed by atoms with Gasteiger partial charge >= 0.3 is 0 Å². The first-order valence-electron chi connectivity index (χ1n) is 10.8. The van der Waals surface area contributed by atoms with Crippen molar-refractivity contribution in [3.8, 4) is 32.3 Å². The van der Waals surface area contributed by atoms with Crippen molar-refractivity contribution in [3.63, 3.8) is 0 Å². The van der Waals surface area contributed by atoms with E-state index < -0.39 is 0 Å². The SMILES string of the molecule is CC(C)c1ccc(Nc2nc(N)c(-c3nc(-c4ccc(-c5ccccc5)cc4)cs3)s2)cc1. The first-order chi connectivity index (χ1) is 16.1. The lowest BCUT2D eigenvalue weighted by Crippen LogP contribution is -1.92. The van der Waals surface area contributed by atoms with Crippen molar-refractivity contribution < 1.29 is 0 Å². The zero-order valence-corrected chi connectivity index (χ0v) is 20.1. The van der Waals surface area contributed by atoms with Gasteiger partial charge < -0.3 is 11.1 Å². The van der Waals surface area contributed by atoms with Crippen LogP contribution in [0.2, 0.25) is 0 Å². The molecule has 3 aromatic carbocycles. The van der Waals surface area contributed by atoms with Crippen LogP contribution in [0.3, 0.4) is 0 Å². The van der Waals surface area contributed by atoms with Gasteiger partial charge in [-0.15, -0.1) is 11.3 Å². The minimum Gasteiger partial charge on any atom is -0.382 e. The standard InChI is InChI=1S/C27H24N4S2/c1-17(2)18-12-14-22(15-13-18)29-27-31-25(28)24(33-27)26-30-23(16-32-26)21-10-8-20(9-11-21)19-6-4-3-5-7-19/h3-17H,28H2,1-2H3,(H,29,31). The van der Waals surface area contributed by atoms with Gasteiger partial charge in [-0.05, 0) is 34.7 Å². The Morgan fingerprint density at radius 1 is 0.788 bits per heavy atom. The van der Waals surface area contributed by atoms with Crippen molar-refractivity contribution in [2.75, 3.05) is 11.1 Å². The Bertz CT molecular complexity index is 1350. The van der Waals surface area contributed by atoms with E-state index in [2.05, 4.69) is 102 Å². The predicted molar refractivity (Wildman–Crippen MR) is 142 cm³/mol. The molecule has 0 bridgehead atoms. The fourth-order valence-corrected chi connectivity index (χ4v) is 5.42. The van der Waals surface area contributed by atoms with Crippen molar-refractivity contribution in [1.29, 1.82) is 0 Å². The molecule has 164 valence electrons. The van der Waals surface area contributed by atoms with E-state index in [-0.39, 0.29) is 0 Å². The summed E-state index contributed by atoms with van der Waals surface area (Å²) >= 11 is 3.12. The number of nitrogens with one attached hydrogen (secondary N) is 1. The molecule has 0 aliphatic carbocycles. The lowest BCUT2D eigenvalue weighted by atomic mass is 10.0. The molecule has 3 N–H and O–H groups in total. The number of hydrogen-bond acceptors (Lipinski definition) is 6. The molecule has 6 heteroatoms. The van der Waals surface area contributed by atoms with Crippen LogP contribution >= 0.6 is 22.7 Å². The second-order valence-corrected chi connectivity index (χ2v) is 9.97. The van der Waals surface area contributed by atoms with E-state index in [1.165, 1.54) is 28.0 Å². The summed E-state index contributed by atoms with van der Waals surface area (Å²) in [5.74, 6) is 1.01. The summed E-state index contributed by atoms with van der Waals surface area (Å²) in [6.07, 6.45) is 0. The second-order valence-electron chi connectivity index (χ2n) is 8.12. The van der Waals surface area contributed by atoms with E-state index >= 15 is 0 Å². The molecule has 0 unspecified atom stereocenters. The summed E-state index contributed by atoms with van der Waals surface area (Å²) in [6.45, 7) is 4.38. The Labute approximate surface area is 201 Å². The van der Waals surface area contributed by atoms with Gasteiger partial charge in [0.05, 0.1) is 5.69 Å².